The lowest BCUT2D eigenvalue weighted by Gasteiger charge is -2.10. The van der Waals surface area contributed by atoms with Crippen LogP contribution < -0.4 is 15.8 Å². The maximum absolute atomic E-state index is 13.0. The first-order chi connectivity index (χ1) is 10.1. The second-order valence-corrected chi connectivity index (χ2v) is 4.30. The minimum absolute atomic E-state index is 0.104. The molecule has 1 amide bonds. The standard InChI is InChI=1S/C15H14F2N2O2/c16-11-1-4-13(5-2-11)19-15(20)9-21-14-6-3-12(17)7-10(14)8-18/h1-7H,8-9,18H2,(H,19,20). The molecule has 2 rings (SSSR count). The number of hydrogen-bond donors (Lipinski definition) is 2. The van der Waals surface area contributed by atoms with E-state index in [9.17, 15) is 13.6 Å². The van der Waals surface area contributed by atoms with Crippen molar-refractivity contribution >= 4 is 11.6 Å². The molecule has 0 heterocycles. The van der Waals surface area contributed by atoms with Crippen molar-refractivity contribution < 1.29 is 18.3 Å². The van der Waals surface area contributed by atoms with Crippen LogP contribution in [0, 0.1) is 11.6 Å². The molecule has 2 aromatic carbocycles. The number of halogens is 2. The van der Waals surface area contributed by atoms with Crippen molar-refractivity contribution in [2.75, 3.05) is 11.9 Å². The van der Waals surface area contributed by atoms with Gasteiger partial charge >= 0.3 is 0 Å². The van der Waals surface area contributed by atoms with Crippen LogP contribution >= 0.6 is 0 Å². The van der Waals surface area contributed by atoms with E-state index < -0.39 is 11.7 Å². The molecule has 0 radical (unpaired) electrons. The minimum atomic E-state index is -0.418. The molecule has 3 N–H and O–H groups in total. The second kappa shape index (κ2) is 6.81. The highest BCUT2D eigenvalue weighted by molar-refractivity contribution is 5.91. The molecule has 0 aliphatic heterocycles. The van der Waals surface area contributed by atoms with Crippen molar-refractivity contribution in [1.29, 1.82) is 0 Å². The lowest BCUT2D eigenvalue weighted by atomic mass is 10.2. The van der Waals surface area contributed by atoms with Crippen LogP contribution in [0.4, 0.5) is 14.5 Å². The van der Waals surface area contributed by atoms with Gasteiger partial charge in [0.25, 0.3) is 5.91 Å². The molecule has 0 aliphatic carbocycles. The van der Waals surface area contributed by atoms with Crippen molar-refractivity contribution in [1.82, 2.24) is 0 Å². The minimum Gasteiger partial charge on any atom is -0.483 e. The number of anilines is 1. The van der Waals surface area contributed by atoms with Gasteiger partial charge in [-0.2, -0.15) is 0 Å². The van der Waals surface area contributed by atoms with Crippen LogP contribution in [0.2, 0.25) is 0 Å². The topological polar surface area (TPSA) is 64.3 Å². The van der Waals surface area contributed by atoms with Crippen LogP contribution in [0.1, 0.15) is 5.56 Å². The molecule has 110 valence electrons. The van der Waals surface area contributed by atoms with Crippen molar-refractivity contribution in [3.05, 3.63) is 59.7 Å². The lowest BCUT2D eigenvalue weighted by Crippen LogP contribution is -2.20. The van der Waals surface area contributed by atoms with Crippen molar-refractivity contribution in [2.24, 2.45) is 5.73 Å². The average Bonchev–Trinajstić information content (AvgIpc) is 2.48. The van der Waals surface area contributed by atoms with E-state index in [-0.39, 0.29) is 19.0 Å². The highest BCUT2D eigenvalue weighted by atomic mass is 19.1. The van der Waals surface area contributed by atoms with Crippen LogP contribution in [-0.2, 0) is 11.3 Å². The summed E-state index contributed by atoms with van der Waals surface area (Å²) in [4.78, 5) is 11.7. The van der Waals surface area contributed by atoms with E-state index >= 15 is 0 Å². The highest BCUT2D eigenvalue weighted by Crippen LogP contribution is 2.19. The van der Waals surface area contributed by atoms with Gasteiger partial charge in [0, 0.05) is 17.8 Å². The number of amides is 1. The van der Waals surface area contributed by atoms with Crippen LogP contribution in [-0.4, -0.2) is 12.5 Å². The summed E-state index contributed by atoms with van der Waals surface area (Å²) in [6.07, 6.45) is 0. The van der Waals surface area contributed by atoms with Crippen molar-refractivity contribution in [2.45, 2.75) is 6.54 Å². The van der Waals surface area contributed by atoms with Crippen LogP contribution in [0.25, 0.3) is 0 Å². The Bertz CT molecular complexity index is 630. The fourth-order valence-electron chi connectivity index (χ4n) is 1.72. The number of carbonyl (C=O) groups is 1. The van der Waals surface area contributed by atoms with Crippen LogP contribution in [0.3, 0.4) is 0 Å². The maximum Gasteiger partial charge on any atom is 0.262 e. The summed E-state index contributed by atoms with van der Waals surface area (Å²) in [5.41, 5.74) is 6.42. The molecule has 0 spiro atoms. The van der Waals surface area contributed by atoms with Gasteiger partial charge in [0.05, 0.1) is 0 Å². The van der Waals surface area contributed by atoms with Gasteiger partial charge in [-0.05, 0) is 42.5 Å². The normalized spacial score (nSPS) is 10.2. The van der Waals surface area contributed by atoms with Gasteiger partial charge in [-0.25, -0.2) is 8.78 Å². The summed E-state index contributed by atoms with van der Waals surface area (Å²) < 4.78 is 31.1. The van der Waals surface area contributed by atoms with Crippen LogP contribution in [0.5, 0.6) is 5.75 Å². The van der Waals surface area contributed by atoms with Crippen molar-refractivity contribution in [3.8, 4) is 5.75 Å². The first kappa shape index (κ1) is 14.9. The number of nitrogens with two attached hydrogens (primary N) is 1. The van der Waals surface area contributed by atoms with E-state index in [1.807, 2.05) is 0 Å². The quantitative estimate of drug-likeness (QED) is 0.889. The summed E-state index contributed by atoms with van der Waals surface area (Å²) in [5.74, 6) is -0.858. The number of hydrogen-bond acceptors (Lipinski definition) is 3. The monoisotopic (exact) mass is 292 g/mol. The lowest BCUT2D eigenvalue weighted by molar-refractivity contribution is -0.118. The molecule has 0 aliphatic rings. The SMILES string of the molecule is NCc1cc(F)ccc1OCC(=O)Nc1ccc(F)cc1. The van der Waals surface area contributed by atoms with E-state index in [1.54, 1.807) is 0 Å². The summed E-state index contributed by atoms with van der Waals surface area (Å²) in [6.45, 7) is -0.150. The van der Waals surface area contributed by atoms with Crippen molar-refractivity contribution in [3.63, 3.8) is 0 Å². The molecule has 0 saturated carbocycles. The molecule has 2 aromatic rings. The molecule has 0 saturated heterocycles. The van der Waals surface area contributed by atoms with Gasteiger partial charge in [-0.15, -0.1) is 0 Å². The smallest absolute Gasteiger partial charge is 0.262 e. The molecule has 21 heavy (non-hydrogen) atoms. The van der Waals surface area contributed by atoms with Gasteiger partial charge < -0.3 is 15.8 Å². The maximum atomic E-state index is 13.0. The van der Waals surface area contributed by atoms with Crippen LogP contribution in [0.15, 0.2) is 42.5 Å². The average molecular weight is 292 g/mol. The number of benzene rings is 2. The fraction of sp³-hybridized carbons (Fsp3) is 0.133. The Balaban J connectivity index is 1.93. The zero-order valence-electron chi connectivity index (χ0n) is 11.1. The molecule has 4 nitrogen and oxygen atoms in total. The third-order valence-corrected chi connectivity index (χ3v) is 2.73. The Morgan fingerprint density at radius 3 is 2.43 bits per heavy atom. The third-order valence-electron chi connectivity index (χ3n) is 2.73. The zero-order valence-corrected chi connectivity index (χ0v) is 11.1. The van der Waals surface area contributed by atoms with Gasteiger partial charge in [-0.3, -0.25) is 4.79 Å². The third kappa shape index (κ3) is 4.25. The Morgan fingerprint density at radius 2 is 1.76 bits per heavy atom. The Labute approximate surface area is 120 Å². The van der Waals surface area contributed by atoms with E-state index in [4.69, 9.17) is 10.5 Å². The molecule has 0 unspecified atom stereocenters. The molecular weight excluding hydrogens is 278 g/mol. The molecule has 0 bridgehead atoms. The Morgan fingerprint density at radius 1 is 1.10 bits per heavy atom. The molecule has 0 aromatic heterocycles. The summed E-state index contributed by atoms with van der Waals surface area (Å²) in [5, 5.41) is 2.55. The van der Waals surface area contributed by atoms with E-state index in [2.05, 4.69) is 5.32 Å². The van der Waals surface area contributed by atoms with E-state index in [1.165, 1.54) is 42.5 Å². The number of ether oxygens (including phenoxy) is 1. The van der Waals surface area contributed by atoms with Gasteiger partial charge in [0.2, 0.25) is 0 Å². The van der Waals surface area contributed by atoms with E-state index in [0.29, 0.717) is 17.0 Å². The Kier molecular flexibility index (Phi) is 4.84. The second-order valence-electron chi connectivity index (χ2n) is 4.30. The molecular formula is C15H14F2N2O2. The zero-order chi connectivity index (χ0) is 15.2. The first-order valence-electron chi connectivity index (χ1n) is 6.25. The van der Waals surface area contributed by atoms with E-state index in [0.717, 1.165) is 0 Å². The number of nitrogens with one attached hydrogen (secondary N) is 1. The van der Waals surface area contributed by atoms with Gasteiger partial charge in [0.15, 0.2) is 6.61 Å². The number of carbonyl (C=O) groups excluding carboxylic acids is 1. The predicted octanol–water partition coefficient (Wildman–Crippen LogP) is 2.44. The summed E-state index contributed by atoms with van der Waals surface area (Å²) in [6, 6.07) is 9.26. The highest BCUT2D eigenvalue weighted by Gasteiger charge is 2.08. The molecule has 6 heteroatoms. The summed E-state index contributed by atoms with van der Waals surface area (Å²) >= 11 is 0. The first-order valence-corrected chi connectivity index (χ1v) is 6.25. The molecule has 0 fully saturated rings. The fourth-order valence-corrected chi connectivity index (χ4v) is 1.72. The van der Waals surface area contributed by atoms with Gasteiger partial charge in [0.1, 0.15) is 17.4 Å². The largest absolute Gasteiger partial charge is 0.483 e. The molecule has 0 atom stereocenters. The predicted molar refractivity (Wildman–Crippen MR) is 74.8 cm³/mol. The van der Waals surface area contributed by atoms with Gasteiger partial charge in [-0.1, -0.05) is 0 Å². The summed E-state index contributed by atoms with van der Waals surface area (Å²) in [7, 11) is 0. The Hall–Kier alpha value is -2.47. The number of rotatable bonds is 5.